The molecule has 136 valence electrons. The van der Waals surface area contributed by atoms with Crippen LogP contribution in [0.3, 0.4) is 0 Å². The molecule has 1 aromatic rings. The van der Waals surface area contributed by atoms with Crippen molar-refractivity contribution >= 4 is 23.0 Å². The summed E-state index contributed by atoms with van der Waals surface area (Å²) in [4.78, 5) is 4.21. The number of aliphatic hydroxyl groups is 1. The molecular formula is C17H30N4O2S. The van der Waals surface area contributed by atoms with Crippen molar-refractivity contribution in [2.45, 2.75) is 58.7 Å². The molecule has 0 aliphatic heterocycles. The minimum Gasteiger partial charge on any atom is -0.473 e. The molecule has 1 aromatic heterocycles. The number of rotatable bonds is 6. The Balaban J connectivity index is 2.59. The van der Waals surface area contributed by atoms with Crippen LogP contribution in [0.5, 0.6) is 5.88 Å². The van der Waals surface area contributed by atoms with E-state index in [0.29, 0.717) is 23.2 Å². The minimum absolute atomic E-state index is 0.0521. The van der Waals surface area contributed by atoms with Crippen molar-refractivity contribution in [3.05, 3.63) is 18.3 Å². The van der Waals surface area contributed by atoms with Gasteiger partial charge in [0.25, 0.3) is 0 Å². The van der Waals surface area contributed by atoms with Crippen LogP contribution < -0.4 is 20.7 Å². The van der Waals surface area contributed by atoms with Crippen molar-refractivity contribution in [1.82, 2.24) is 15.6 Å². The maximum absolute atomic E-state index is 10.0. The molecule has 1 unspecified atom stereocenters. The van der Waals surface area contributed by atoms with Gasteiger partial charge in [0.05, 0.1) is 0 Å². The molecule has 1 atom stereocenters. The summed E-state index contributed by atoms with van der Waals surface area (Å²) < 4.78 is 5.64. The van der Waals surface area contributed by atoms with Crippen molar-refractivity contribution in [3.63, 3.8) is 0 Å². The highest BCUT2D eigenvalue weighted by atomic mass is 32.1. The first-order valence-electron chi connectivity index (χ1n) is 8.06. The van der Waals surface area contributed by atoms with E-state index >= 15 is 0 Å². The largest absolute Gasteiger partial charge is 0.473 e. The number of thiocarbonyl (C=S) groups is 1. The number of anilines is 1. The molecule has 4 N–H and O–H groups in total. The lowest BCUT2D eigenvalue weighted by Crippen LogP contribution is -2.43. The van der Waals surface area contributed by atoms with E-state index in [-0.39, 0.29) is 17.7 Å². The summed E-state index contributed by atoms with van der Waals surface area (Å²) in [7, 11) is 0. The molecule has 0 aromatic carbocycles. The summed E-state index contributed by atoms with van der Waals surface area (Å²) in [6, 6.07) is 3.63. The maximum Gasteiger partial charge on any atom is 0.237 e. The molecular weight excluding hydrogens is 324 g/mol. The number of aliphatic hydroxyl groups excluding tert-OH is 1. The SMILES string of the molecule is CC(C)(C)NCC(O)COc1ncccc1NC(=S)NC(C)(C)C. The minimum atomic E-state index is -0.626. The van der Waals surface area contributed by atoms with Crippen LogP contribution in [-0.4, -0.2) is 45.5 Å². The second-order valence-corrected chi connectivity index (χ2v) is 8.19. The number of β-amino-alcohol motifs (C(OH)–C–C–N with tert-alkyl or cyclic N) is 1. The topological polar surface area (TPSA) is 78.4 Å². The second kappa shape index (κ2) is 8.60. The second-order valence-electron chi connectivity index (χ2n) is 7.78. The highest BCUT2D eigenvalue weighted by Crippen LogP contribution is 2.20. The Bertz CT molecular complexity index is 538. The molecule has 0 aliphatic rings. The lowest BCUT2D eigenvalue weighted by atomic mass is 10.1. The van der Waals surface area contributed by atoms with Gasteiger partial charge in [0.1, 0.15) is 18.4 Å². The van der Waals surface area contributed by atoms with Crippen LogP contribution in [-0.2, 0) is 0 Å². The summed E-state index contributed by atoms with van der Waals surface area (Å²) in [5.41, 5.74) is 0.473. The smallest absolute Gasteiger partial charge is 0.237 e. The van der Waals surface area contributed by atoms with E-state index in [2.05, 4.69) is 20.9 Å². The number of hydrogen-bond donors (Lipinski definition) is 4. The number of nitrogens with zero attached hydrogens (tertiary/aromatic N) is 1. The molecule has 6 nitrogen and oxygen atoms in total. The van der Waals surface area contributed by atoms with Gasteiger partial charge in [0, 0.05) is 23.8 Å². The molecule has 1 rings (SSSR count). The monoisotopic (exact) mass is 354 g/mol. The van der Waals surface area contributed by atoms with Gasteiger partial charge >= 0.3 is 0 Å². The Labute approximate surface area is 150 Å². The number of pyridine rings is 1. The van der Waals surface area contributed by atoms with Crippen LogP contribution in [0.1, 0.15) is 41.5 Å². The lowest BCUT2D eigenvalue weighted by molar-refractivity contribution is 0.0982. The fourth-order valence-corrected chi connectivity index (χ4v) is 2.17. The van der Waals surface area contributed by atoms with Crippen molar-refractivity contribution in [3.8, 4) is 5.88 Å². The third-order valence-electron chi connectivity index (χ3n) is 2.79. The van der Waals surface area contributed by atoms with E-state index in [1.807, 2.05) is 47.6 Å². The van der Waals surface area contributed by atoms with Gasteiger partial charge in [-0.05, 0) is 65.9 Å². The van der Waals surface area contributed by atoms with Crippen LogP contribution in [0.4, 0.5) is 5.69 Å². The summed E-state index contributed by atoms with van der Waals surface area (Å²) in [6.07, 6.45) is 1.01. The molecule has 0 spiro atoms. The fourth-order valence-electron chi connectivity index (χ4n) is 1.75. The van der Waals surface area contributed by atoms with E-state index in [1.54, 1.807) is 12.3 Å². The molecule has 0 amide bonds. The Hall–Kier alpha value is -1.44. The zero-order chi connectivity index (χ0) is 18.4. The Kier molecular flexibility index (Phi) is 7.38. The van der Waals surface area contributed by atoms with Crippen molar-refractivity contribution < 1.29 is 9.84 Å². The van der Waals surface area contributed by atoms with Crippen LogP contribution in [0.15, 0.2) is 18.3 Å². The van der Waals surface area contributed by atoms with Crippen LogP contribution in [0, 0.1) is 0 Å². The van der Waals surface area contributed by atoms with E-state index in [9.17, 15) is 5.11 Å². The molecule has 0 radical (unpaired) electrons. The van der Waals surface area contributed by atoms with Crippen molar-refractivity contribution in [2.75, 3.05) is 18.5 Å². The number of ether oxygens (including phenoxy) is 1. The molecule has 0 bridgehead atoms. The average molecular weight is 355 g/mol. The zero-order valence-electron chi connectivity index (χ0n) is 15.4. The normalized spacial score (nSPS) is 13.3. The predicted octanol–water partition coefficient (Wildman–Crippen LogP) is 2.29. The van der Waals surface area contributed by atoms with E-state index < -0.39 is 6.10 Å². The predicted molar refractivity (Wildman–Crippen MR) is 103 cm³/mol. The van der Waals surface area contributed by atoms with Crippen LogP contribution in [0.2, 0.25) is 0 Å². The molecule has 1 heterocycles. The molecule has 0 aliphatic carbocycles. The fraction of sp³-hybridized carbons (Fsp3) is 0.647. The molecule has 0 fully saturated rings. The summed E-state index contributed by atoms with van der Waals surface area (Å²) >= 11 is 5.30. The Morgan fingerprint density at radius 3 is 2.50 bits per heavy atom. The van der Waals surface area contributed by atoms with Gasteiger partial charge in [-0.15, -0.1) is 0 Å². The van der Waals surface area contributed by atoms with Gasteiger partial charge in [0.2, 0.25) is 5.88 Å². The van der Waals surface area contributed by atoms with Gasteiger partial charge < -0.3 is 25.8 Å². The van der Waals surface area contributed by atoms with Crippen LogP contribution in [0.25, 0.3) is 0 Å². The first-order chi connectivity index (χ1) is 11.0. The zero-order valence-corrected chi connectivity index (χ0v) is 16.3. The van der Waals surface area contributed by atoms with Gasteiger partial charge in [0.15, 0.2) is 5.11 Å². The third kappa shape index (κ3) is 9.00. The van der Waals surface area contributed by atoms with Gasteiger partial charge in [-0.3, -0.25) is 0 Å². The van der Waals surface area contributed by atoms with E-state index in [0.717, 1.165) is 0 Å². The highest BCUT2D eigenvalue weighted by molar-refractivity contribution is 7.80. The molecule has 24 heavy (non-hydrogen) atoms. The standard InChI is InChI=1S/C17H30N4O2S/c1-16(2,3)19-10-12(22)11-23-14-13(8-7-9-18-14)20-15(24)21-17(4,5)6/h7-9,12,19,22H,10-11H2,1-6H3,(H2,20,21,24). The quantitative estimate of drug-likeness (QED) is 0.584. The molecule has 0 saturated heterocycles. The van der Waals surface area contributed by atoms with Gasteiger partial charge in [-0.2, -0.15) is 0 Å². The van der Waals surface area contributed by atoms with E-state index in [1.165, 1.54) is 0 Å². The molecule has 0 saturated carbocycles. The summed E-state index contributed by atoms with van der Waals surface area (Å²) in [5.74, 6) is 0.408. The molecule has 7 heteroatoms. The first-order valence-corrected chi connectivity index (χ1v) is 8.47. The van der Waals surface area contributed by atoms with Gasteiger partial charge in [-0.25, -0.2) is 4.98 Å². The number of nitrogens with one attached hydrogen (secondary N) is 3. The van der Waals surface area contributed by atoms with Crippen molar-refractivity contribution in [1.29, 1.82) is 0 Å². The summed E-state index contributed by atoms with van der Waals surface area (Å²) in [5, 5.41) is 20.0. The average Bonchev–Trinajstić information content (AvgIpc) is 2.41. The first kappa shape index (κ1) is 20.6. The maximum atomic E-state index is 10.0. The van der Waals surface area contributed by atoms with Crippen LogP contribution >= 0.6 is 12.2 Å². The third-order valence-corrected chi connectivity index (χ3v) is 2.99. The van der Waals surface area contributed by atoms with Crippen molar-refractivity contribution in [2.24, 2.45) is 0 Å². The van der Waals surface area contributed by atoms with Gasteiger partial charge in [-0.1, -0.05) is 0 Å². The Morgan fingerprint density at radius 2 is 1.92 bits per heavy atom. The highest BCUT2D eigenvalue weighted by Gasteiger charge is 2.15. The Morgan fingerprint density at radius 1 is 1.25 bits per heavy atom. The van der Waals surface area contributed by atoms with E-state index in [4.69, 9.17) is 17.0 Å². The lowest BCUT2D eigenvalue weighted by Gasteiger charge is -2.24. The number of hydrogen-bond acceptors (Lipinski definition) is 5. The summed E-state index contributed by atoms with van der Waals surface area (Å²) in [6.45, 7) is 12.8. The number of aromatic nitrogens is 1.